The van der Waals surface area contributed by atoms with Crippen molar-refractivity contribution in [2.24, 2.45) is 0 Å². The summed E-state index contributed by atoms with van der Waals surface area (Å²) >= 11 is 0. The van der Waals surface area contributed by atoms with Gasteiger partial charge in [0.2, 0.25) is 0 Å². The van der Waals surface area contributed by atoms with E-state index in [2.05, 4.69) is 13.2 Å². The van der Waals surface area contributed by atoms with E-state index in [-0.39, 0.29) is 13.2 Å². The van der Waals surface area contributed by atoms with Crippen molar-refractivity contribution in [3.8, 4) is 0 Å². The normalized spacial score (nSPS) is 13.8. The van der Waals surface area contributed by atoms with Gasteiger partial charge in [0, 0.05) is 16.7 Å². The first kappa shape index (κ1) is 18.4. The topological polar surface area (TPSA) is 88.1 Å². The lowest BCUT2D eigenvalue weighted by Gasteiger charge is -2.08. The van der Waals surface area contributed by atoms with Crippen LogP contribution in [-0.4, -0.2) is 37.4 Å². The van der Waals surface area contributed by atoms with Gasteiger partial charge in [-0.3, -0.25) is 0 Å². The van der Waals surface area contributed by atoms with E-state index in [0.717, 1.165) is 12.2 Å². The van der Waals surface area contributed by atoms with E-state index < -0.39 is 32.4 Å². The van der Waals surface area contributed by atoms with Gasteiger partial charge in [-0.05, 0) is 13.8 Å². The fraction of sp³-hybridized carbons (Fsp3) is 0.500. The molecule has 0 spiro atoms. The molecule has 0 aromatic heterocycles. The van der Waals surface area contributed by atoms with Crippen LogP contribution in [0.3, 0.4) is 0 Å². The maximum Gasteiger partial charge on any atom is 0.697 e. The number of carbonyl (C=O) groups excluding carboxylic acids is 2. The largest absolute Gasteiger partial charge is 0.697 e. The summed E-state index contributed by atoms with van der Waals surface area (Å²) in [7, 11) is -2.39. The van der Waals surface area contributed by atoms with E-state index in [1.54, 1.807) is 13.8 Å². The molecule has 0 aliphatic rings. The fourth-order valence-electron chi connectivity index (χ4n) is 0.930. The van der Waals surface area contributed by atoms with Crippen LogP contribution in [0.4, 0.5) is 0 Å². The third kappa shape index (κ3) is 9.38. The Morgan fingerprint density at radius 3 is 1.65 bits per heavy atom. The van der Waals surface area contributed by atoms with Gasteiger partial charge in [0.15, 0.2) is 0 Å². The average molecular weight is 305 g/mol. The zero-order valence-corrected chi connectivity index (χ0v) is 12.3. The summed E-state index contributed by atoms with van der Waals surface area (Å²) in [6.45, 7) is 9.45. The third-order valence-corrected chi connectivity index (χ3v) is 2.52. The molecule has 0 bridgehead atoms. The smallest absolute Gasteiger partial charge is 0.457 e. The molecular weight excluding hydrogens is 287 g/mol. The molecule has 20 heavy (non-hydrogen) atoms. The minimum atomic E-state index is -2.39. The average Bonchev–Trinajstić information content (AvgIpc) is 2.42. The quantitative estimate of drug-likeness (QED) is 0.346. The molecule has 112 valence electrons. The predicted molar refractivity (Wildman–Crippen MR) is 71.0 cm³/mol. The number of esters is 2. The van der Waals surface area contributed by atoms with Crippen LogP contribution in [0.2, 0.25) is 0 Å². The first-order valence-corrected chi connectivity index (χ1v) is 6.87. The summed E-state index contributed by atoms with van der Waals surface area (Å²) in [4.78, 5) is 21.7. The van der Waals surface area contributed by atoms with E-state index in [9.17, 15) is 14.2 Å². The Morgan fingerprint density at radius 1 is 1.00 bits per heavy atom. The zero-order valence-electron chi connectivity index (χ0n) is 11.4. The first-order chi connectivity index (χ1) is 9.38. The summed E-state index contributed by atoms with van der Waals surface area (Å²) < 4.78 is 30.6. The van der Waals surface area contributed by atoms with Gasteiger partial charge in [-0.2, -0.15) is 0 Å². The molecule has 0 N–H and O–H groups in total. The van der Waals surface area contributed by atoms with Crippen LogP contribution in [0.1, 0.15) is 13.8 Å². The molecule has 7 nitrogen and oxygen atoms in total. The van der Waals surface area contributed by atoms with E-state index in [1.165, 1.54) is 0 Å². The lowest BCUT2D eigenvalue weighted by atomic mass is 10.4. The molecule has 0 rings (SSSR count). The maximum absolute atomic E-state index is 11.3. The van der Waals surface area contributed by atoms with Crippen molar-refractivity contribution in [3.63, 3.8) is 0 Å². The van der Waals surface area contributed by atoms with E-state index in [1.807, 2.05) is 0 Å². The molecule has 0 radical (unpaired) electrons. The van der Waals surface area contributed by atoms with Gasteiger partial charge < -0.3 is 9.47 Å². The molecule has 0 aromatic rings. The van der Waals surface area contributed by atoms with Crippen LogP contribution in [0, 0.1) is 0 Å². The zero-order chi connectivity index (χ0) is 15.5. The number of carbonyl (C=O) groups is 2. The van der Waals surface area contributed by atoms with Gasteiger partial charge in [0.1, 0.15) is 25.4 Å². The van der Waals surface area contributed by atoms with Gasteiger partial charge in [-0.25, -0.2) is 9.59 Å². The fourth-order valence-corrected chi connectivity index (χ4v) is 1.67. The molecule has 0 aliphatic heterocycles. The monoisotopic (exact) mass is 305 g/mol. The predicted octanol–water partition coefficient (Wildman–Crippen LogP) is 1.91. The van der Waals surface area contributed by atoms with Crippen LogP contribution in [0.15, 0.2) is 25.3 Å². The van der Waals surface area contributed by atoms with Crippen molar-refractivity contribution in [1.29, 1.82) is 0 Å². The van der Waals surface area contributed by atoms with Crippen LogP contribution in [-0.2, 0) is 32.7 Å². The lowest BCUT2D eigenvalue weighted by molar-refractivity contribution is -0.143. The van der Waals surface area contributed by atoms with Gasteiger partial charge in [-0.1, -0.05) is 13.2 Å². The van der Waals surface area contributed by atoms with Crippen molar-refractivity contribution < 1.29 is 32.7 Å². The molecule has 0 saturated heterocycles. The number of ether oxygens (including phenoxy) is 2. The SMILES string of the molecule is C=CC(=O)OC(C)CO[P+](=O)OCC(C)OC(=O)C=C. The van der Waals surface area contributed by atoms with Gasteiger partial charge in [0.25, 0.3) is 0 Å². The Balaban J connectivity index is 3.83. The Labute approximate surface area is 118 Å². The molecule has 0 saturated carbocycles. The van der Waals surface area contributed by atoms with E-state index in [4.69, 9.17) is 18.5 Å². The van der Waals surface area contributed by atoms with Crippen LogP contribution >= 0.6 is 8.25 Å². The summed E-state index contributed by atoms with van der Waals surface area (Å²) in [5, 5.41) is 0. The molecule has 0 amide bonds. The van der Waals surface area contributed by atoms with E-state index in [0.29, 0.717) is 0 Å². The number of rotatable bonds is 10. The van der Waals surface area contributed by atoms with Gasteiger partial charge in [0.05, 0.1) is 0 Å². The third-order valence-electron chi connectivity index (χ3n) is 1.80. The first-order valence-electron chi connectivity index (χ1n) is 5.78. The standard InChI is InChI=1S/C12H18O7P/c1-5-11(13)18-9(3)7-16-20(15)17-8-10(4)19-12(14)6-2/h5-6,9-10H,1-2,7-8H2,3-4H3/q+1. The van der Waals surface area contributed by atoms with Crippen LogP contribution in [0.5, 0.6) is 0 Å². The van der Waals surface area contributed by atoms with Crippen molar-refractivity contribution in [1.82, 2.24) is 0 Å². The van der Waals surface area contributed by atoms with Crippen molar-refractivity contribution >= 4 is 20.2 Å². The highest BCUT2D eigenvalue weighted by atomic mass is 31.1. The Hall–Kier alpha value is -1.56. The lowest BCUT2D eigenvalue weighted by Crippen LogP contribution is -2.19. The minimum absolute atomic E-state index is 0.0877. The molecule has 2 atom stereocenters. The molecule has 8 heteroatoms. The highest BCUT2D eigenvalue weighted by molar-refractivity contribution is 7.33. The van der Waals surface area contributed by atoms with Crippen molar-refractivity contribution in [3.05, 3.63) is 25.3 Å². The van der Waals surface area contributed by atoms with Crippen molar-refractivity contribution in [2.45, 2.75) is 26.1 Å². The molecule has 0 aromatic carbocycles. The van der Waals surface area contributed by atoms with Gasteiger partial charge >= 0.3 is 20.2 Å². The molecular formula is C12H18O7P+. The second kappa shape index (κ2) is 10.3. The number of hydrogen-bond acceptors (Lipinski definition) is 7. The Kier molecular flexibility index (Phi) is 9.45. The summed E-state index contributed by atoms with van der Waals surface area (Å²) in [5.74, 6) is -1.19. The summed E-state index contributed by atoms with van der Waals surface area (Å²) in [6, 6.07) is 0. The molecule has 0 heterocycles. The Bertz CT molecular complexity index is 346. The number of hydrogen-bond donors (Lipinski definition) is 0. The summed E-state index contributed by atoms with van der Waals surface area (Å²) in [5.41, 5.74) is 0. The minimum Gasteiger partial charge on any atom is -0.457 e. The van der Waals surface area contributed by atoms with Crippen molar-refractivity contribution in [2.75, 3.05) is 13.2 Å². The second-order valence-corrected chi connectivity index (χ2v) is 4.68. The van der Waals surface area contributed by atoms with Gasteiger partial charge in [-0.15, -0.1) is 9.05 Å². The molecule has 0 aliphatic carbocycles. The van der Waals surface area contributed by atoms with Crippen LogP contribution < -0.4 is 0 Å². The highest BCUT2D eigenvalue weighted by Gasteiger charge is 2.24. The molecule has 0 fully saturated rings. The highest BCUT2D eigenvalue weighted by Crippen LogP contribution is 2.24. The second-order valence-electron chi connectivity index (χ2n) is 3.72. The maximum atomic E-state index is 11.3. The molecule has 2 unspecified atom stereocenters. The summed E-state index contributed by atoms with van der Waals surface area (Å²) in [6.07, 6.45) is 0.865. The Morgan fingerprint density at radius 2 is 1.35 bits per heavy atom. The van der Waals surface area contributed by atoms with E-state index >= 15 is 0 Å². The van der Waals surface area contributed by atoms with Crippen LogP contribution in [0.25, 0.3) is 0 Å².